The van der Waals surface area contributed by atoms with Crippen molar-refractivity contribution < 1.29 is 9.13 Å². The molecule has 1 atom stereocenters. The number of ether oxygens (including phenoxy) is 1. The molecule has 6 heteroatoms. The second-order valence-corrected chi connectivity index (χ2v) is 6.70. The van der Waals surface area contributed by atoms with Gasteiger partial charge in [0.25, 0.3) is 0 Å². The second kappa shape index (κ2) is 7.72. The summed E-state index contributed by atoms with van der Waals surface area (Å²) >= 11 is 0. The largest absolute Gasteiger partial charge is 0.491 e. The van der Waals surface area contributed by atoms with E-state index in [9.17, 15) is 4.39 Å². The molecule has 0 unspecified atom stereocenters. The lowest BCUT2D eigenvalue weighted by atomic mass is 10.2. The van der Waals surface area contributed by atoms with Gasteiger partial charge in [-0.05, 0) is 38.5 Å². The van der Waals surface area contributed by atoms with Crippen LogP contribution < -0.4 is 9.64 Å². The third-order valence-corrected chi connectivity index (χ3v) is 4.19. The van der Waals surface area contributed by atoms with E-state index < -0.39 is 6.17 Å². The van der Waals surface area contributed by atoms with Crippen molar-refractivity contribution in [2.45, 2.75) is 39.5 Å². The van der Waals surface area contributed by atoms with Crippen molar-refractivity contribution in [2.24, 2.45) is 0 Å². The average Bonchev–Trinajstić information content (AvgIpc) is 3.04. The molecule has 0 aliphatic heterocycles. The zero-order valence-electron chi connectivity index (χ0n) is 15.7. The van der Waals surface area contributed by atoms with Crippen LogP contribution in [0, 0.1) is 0 Å². The molecule has 0 radical (unpaired) electrons. The first kappa shape index (κ1) is 18.2. The molecule has 138 valence electrons. The lowest BCUT2D eigenvalue weighted by molar-refractivity contribution is 0.242. The fourth-order valence-electron chi connectivity index (χ4n) is 2.82. The lowest BCUT2D eigenvalue weighted by Gasteiger charge is -2.20. The Labute approximate surface area is 153 Å². The van der Waals surface area contributed by atoms with E-state index in [0.717, 1.165) is 28.2 Å². The first-order chi connectivity index (χ1) is 12.5. The molecular weight excluding hydrogens is 331 g/mol. The van der Waals surface area contributed by atoms with Crippen molar-refractivity contribution in [3.05, 3.63) is 42.7 Å². The van der Waals surface area contributed by atoms with Crippen molar-refractivity contribution >= 4 is 16.7 Å². The minimum atomic E-state index is -0.869. The molecule has 0 saturated carbocycles. The van der Waals surface area contributed by atoms with Crippen LogP contribution in [0.3, 0.4) is 0 Å². The van der Waals surface area contributed by atoms with Crippen molar-refractivity contribution in [3.8, 4) is 11.4 Å². The summed E-state index contributed by atoms with van der Waals surface area (Å²) in [6.07, 6.45) is 3.28. The van der Waals surface area contributed by atoms with Gasteiger partial charge in [-0.2, -0.15) is 5.10 Å². The van der Waals surface area contributed by atoms with Crippen molar-refractivity contribution in [3.63, 3.8) is 0 Å². The number of alkyl halides is 1. The predicted octanol–water partition coefficient (Wildman–Crippen LogP) is 4.39. The van der Waals surface area contributed by atoms with Crippen molar-refractivity contribution in [1.29, 1.82) is 0 Å². The summed E-state index contributed by atoms with van der Waals surface area (Å²) < 4.78 is 21.4. The van der Waals surface area contributed by atoms with E-state index in [0.29, 0.717) is 13.0 Å². The number of rotatable bonds is 7. The predicted molar refractivity (Wildman–Crippen MR) is 103 cm³/mol. The Morgan fingerprint density at radius 2 is 2.04 bits per heavy atom. The van der Waals surface area contributed by atoms with Crippen LogP contribution in [0.15, 0.2) is 42.7 Å². The first-order valence-electron chi connectivity index (χ1n) is 8.94. The Morgan fingerprint density at radius 1 is 1.23 bits per heavy atom. The molecule has 0 amide bonds. The van der Waals surface area contributed by atoms with Crippen LogP contribution in [-0.4, -0.2) is 40.6 Å². The molecule has 5 nitrogen and oxygen atoms in total. The van der Waals surface area contributed by atoms with Gasteiger partial charge in [-0.15, -0.1) is 0 Å². The molecule has 0 aliphatic rings. The Bertz CT molecular complexity index is 877. The summed E-state index contributed by atoms with van der Waals surface area (Å²) in [6, 6.07) is 9.75. The molecule has 0 aliphatic carbocycles. The zero-order valence-corrected chi connectivity index (χ0v) is 15.7. The molecule has 2 aromatic heterocycles. The molecule has 3 aromatic rings. The fourth-order valence-corrected chi connectivity index (χ4v) is 2.82. The summed E-state index contributed by atoms with van der Waals surface area (Å²) in [5.74, 6) is 1.53. The SMILES string of the molecule is CC[C@@H](F)CN(C)c1cc(-n2ncc3ccc(OC(C)C)cc32)ccn1. The summed E-state index contributed by atoms with van der Waals surface area (Å²) in [6.45, 7) is 6.16. The van der Waals surface area contributed by atoms with Gasteiger partial charge < -0.3 is 9.64 Å². The Morgan fingerprint density at radius 3 is 2.77 bits per heavy atom. The molecule has 1 aromatic carbocycles. The smallest absolute Gasteiger partial charge is 0.130 e. The topological polar surface area (TPSA) is 43.2 Å². The number of pyridine rings is 1. The number of halogens is 1. The van der Waals surface area contributed by atoms with Crippen LogP contribution in [0.5, 0.6) is 5.75 Å². The number of hydrogen-bond acceptors (Lipinski definition) is 4. The summed E-state index contributed by atoms with van der Waals surface area (Å²) in [7, 11) is 1.85. The number of fused-ring (bicyclic) bond motifs is 1. The standard InChI is InChI=1S/C20H25FN4O/c1-5-16(21)13-24(4)20-10-17(8-9-22-20)25-19-11-18(26-14(2)3)7-6-15(19)12-23-25/h6-12,14,16H,5,13H2,1-4H3/t16-/m1/s1. The van der Waals surface area contributed by atoms with E-state index in [1.807, 2.05) is 73.9 Å². The molecule has 3 rings (SSSR count). The van der Waals surface area contributed by atoms with E-state index in [1.54, 1.807) is 6.20 Å². The van der Waals surface area contributed by atoms with Crippen molar-refractivity contribution in [1.82, 2.24) is 14.8 Å². The average molecular weight is 356 g/mol. The van der Waals surface area contributed by atoms with Gasteiger partial charge in [-0.1, -0.05) is 6.92 Å². The van der Waals surface area contributed by atoms with Gasteiger partial charge in [0.15, 0.2) is 0 Å². The van der Waals surface area contributed by atoms with Gasteiger partial charge in [0.2, 0.25) is 0 Å². The highest BCUT2D eigenvalue weighted by Gasteiger charge is 2.12. The molecule has 0 N–H and O–H groups in total. The Kier molecular flexibility index (Phi) is 5.40. The fraction of sp³-hybridized carbons (Fsp3) is 0.400. The van der Waals surface area contributed by atoms with E-state index in [1.165, 1.54) is 0 Å². The highest BCUT2D eigenvalue weighted by Crippen LogP contribution is 2.25. The highest BCUT2D eigenvalue weighted by molar-refractivity contribution is 5.81. The van der Waals surface area contributed by atoms with E-state index in [2.05, 4.69) is 10.1 Å². The molecule has 0 saturated heterocycles. The summed E-state index contributed by atoms with van der Waals surface area (Å²) in [4.78, 5) is 6.20. The van der Waals surface area contributed by atoms with Crippen LogP contribution in [0.1, 0.15) is 27.2 Å². The number of nitrogens with zero attached hydrogens (tertiary/aromatic N) is 4. The minimum absolute atomic E-state index is 0.109. The van der Waals surface area contributed by atoms with Crippen molar-refractivity contribution in [2.75, 3.05) is 18.5 Å². The van der Waals surface area contributed by atoms with Crippen LogP contribution in [0.25, 0.3) is 16.6 Å². The third-order valence-electron chi connectivity index (χ3n) is 4.19. The first-order valence-corrected chi connectivity index (χ1v) is 8.94. The Balaban J connectivity index is 1.94. The number of hydrogen-bond donors (Lipinski definition) is 0. The van der Waals surface area contributed by atoms with Crippen LogP contribution in [0.2, 0.25) is 0 Å². The maximum atomic E-state index is 13.7. The highest BCUT2D eigenvalue weighted by atomic mass is 19.1. The van der Waals surface area contributed by atoms with E-state index in [4.69, 9.17) is 4.74 Å². The van der Waals surface area contributed by atoms with Crippen LogP contribution in [-0.2, 0) is 0 Å². The molecule has 0 fully saturated rings. The minimum Gasteiger partial charge on any atom is -0.491 e. The maximum Gasteiger partial charge on any atom is 0.130 e. The Hall–Kier alpha value is -2.63. The van der Waals surface area contributed by atoms with Gasteiger partial charge >= 0.3 is 0 Å². The normalized spacial score (nSPS) is 12.5. The number of benzene rings is 1. The zero-order chi connectivity index (χ0) is 18.7. The van der Waals surface area contributed by atoms with Gasteiger partial charge in [0.1, 0.15) is 17.7 Å². The van der Waals surface area contributed by atoms with E-state index >= 15 is 0 Å². The second-order valence-electron chi connectivity index (χ2n) is 6.70. The summed E-state index contributed by atoms with van der Waals surface area (Å²) in [5.41, 5.74) is 1.84. The van der Waals surface area contributed by atoms with Gasteiger partial charge in [-0.3, -0.25) is 0 Å². The van der Waals surface area contributed by atoms with Crippen LogP contribution in [0.4, 0.5) is 10.2 Å². The maximum absolute atomic E-state index is 13.7. The quantitative estimate of drug-likeness (QED) is 0.630. The number of aromatic nitrogens is 3. The van der Waals surface area contributed by atoms with Gasteiger partial charge in [0.05, 0.1) is 30.0 Å². The molecular formula is C20H25FN4O. The summed E-state index contributed by atoms with van der Waals surface area (Å²) in [5, 5.41) is 5.53. The van der Waals surface area contributed by atoms with Crippen LogP contribution >= 0.6 is 0 Å². The van der Waals surface area contributed by atoms with Gasteiger partial charge in [-0.25, -0.2) is 14.1 Å². The molecule has 0 bridgehead atoms. The number of anilines is 1. The molecule has 26 heavy (non-hydrogen) atoms. The lowest BCUT2D eigenvalue weighted by Crippen LogP contribution is -2.26. The molecule has 0 spiro atoms. The monoisotopic (exact) mass is 356 g/mol. The van der Waals surface area contributed by atoms with E-state index in [-0.39, 0.29) is 6.10 Å². The van der Waals surface area contributed by atoms with Gasteiger partial charge in [0, 0.05) is 30.8 Å². The third kappa shape index (κ3) is 3.95. The molecule has 2 heterocycles.